The summed E-state index contributed by atoms with van der Waals surface area (Å²) in [6.45, 7) is 7.00. The molecule has 0 aromatic heterocycles. The van der Waals surface area contributed by atoms with Crippen LogP contribution < -0.4 is 26.8 Å². The van der Waals surface area contributed by atoms with Crippen LogP contribution in [-0.2, 0) is 0 Å². The molecule has 2 rings (SSSR count). The molecule has 16 heavy (non-hydrogen) atoms. The lowest BCUT2D eigenvalue weighted by Crippen LogP contribution is -2.64. The molecule has 0 aromatic rings. The van der Waals surface area contributed by atoms with Crippen molar-refractivity contribution in [2.24, 2.45) is 0 Å². The van der Waals surface area contributed by atoms with Crippen LogP contribution in [0, 0.1) is 0 Å². The number of hydrogen-bond donors (Lipinski definition) is 5. The molecule has 5 N–H and O–H groups in total. The van der Waals surface area contributed by atoms with Crippen LogP contribution in [0.5, 0.6) is 0 Å². The van der Waals surface area contributed by atoms with E-state index >= 15 is 0 Å². The Labute approximate surface area is 95.3 Å². The van der Waals surface area contributed by atoms with Crippen LogP contribution >= 0.6 is 0 Å². The SMILES string of the molecule is O=C1NNCC(NCCN2CCNCC2)N1. The molecule has 0 saturated carbocycles. The topological polar surface area (TPSA) is 80.5 Å². The van der Waals surface area contributed by atoms with Crippen molar-refractivity contribution in [1.29, 1.82) is 0 Å². The normalized spacial score (nSPS) is 27.2. The second-order valence-corrected chi connectivity index (χ2v) is 4.08. The largest absolute Gasteiger partial charge is 0.330 e. The predicted molar refractivity (Wildman–Crippen MR) is 60.8 cm³/mol. The molecule has 1 atom stereocenters. The van der Waals surface area contributed by atoms with Crippen molar-refractivity contribution in [3.63, 3.8) is 0 Å². The maximum Gasteiger partial charge on any atom is 0.330 e. The Balaban J connectivity index is 1.58. The van der Waals surface area contributed by atoms with Crippen molar-refractivity contribution in [1.82, 2.24) is 31.7 Å². The lowest BCUT2D eigenvalue weighted by molar-refractivity contribution is 0.209. The number of hydrazine groups is 1. The monoisotopic (exact) mass is 228 g/mol. The minimum absolute atomic E-state index is 0.0247. The highest BCUT2D eigenvalue weighted by molar-refractivity contribution is 5.74. The summed E-state index contributed by atoms with van der Waals surface area (Å²) in [6, 6.07) is -0.175. The van der Waals surface area contributed by atoms with Crippen LogP contribution in [0.1, 0.15) is 0 Å². The van der Waals surface area contributed by atoms with Gasteiger partial charge in [0.25, 0.3) is 0 Å². The van der Waals surface area contributed by atoms with Gasteiger partial charge < -0.3 is 10.6 Å². The van der Waals surface area contributed by atoms with Gasteiger partial charge in [0.15, 0.2) is 0 Å². The van der Waals surface area contributed by atoms with E-state index in [1.165, 1.54) is 0 Å². The first kappa shape index (κ1) is 11.6. The van der Waals surface area contributed by atoms with Crippen molar-refractivity contribution in [3.05, 3.63) is 0 Å². The molecule has 2 aliphatic rings. The summed E-state index contributed by atoms with van der Waals surface area (Å²) >= 11 is 0. The van der Waals surface area contributed by atoms with Gasteiger partial charge in [-0.15, -0.1) is 0 Å². The van der Waals surface area contributed by atoms with E-state index in [4.69, 9.17) is 0 Å². The van der Waals surface area contributed by atoms with Crippen molar-refractivity contribution in [2.45, 2.75) is 6.17 Å². The Bertz CT molecular complexity index is 230. The maximum absolute atomic E-state index is 11.0. The first-order valence-electron chi connectivity index (χ1n) is 5.80. The van der Waals surface area contributed by atoms with Crippen molar-refractivity contribution < 1.29 is 4.79 Å². The van der Waals surface area contributed by atoms with Crippen molar-refractivity contribution >= 4 is 6.03 Å². The van der Waals surface area contributed by atoms with Gasteiger partial charge in [0.1, 0.15) is 0 Å². The Morgan fingerprint density at radius 2 is 2.19 bits per heavy atom. The van der Waals surface area contributed by atoms with Gasteiger partial charge in [-0.2, -0.15) is 0 Å². The fourth-order valence-electron chi connectivity index (χ4n) is 1.93. The molecule has 2 amide bonds. The van der Waals surface area contributed by atoms with E-state index in [0.29, 0.717) is 6.54 Å². The summed E-state index contributed by atoms with van der Waals surface area (Å²) in [6.07, 6.45) is 0.0247. The van der Waals surface area contributed by atoms with Gasteiger partial charge in [-0.05, 0) is 0 Å². The Morgan fingerprint density at radius 3 is 2.94 bits per heavy atom. The molecule has 92 valence electrons. The highest BCUT2D eigenvalue weighted by Gasteiger charge is 2.16. The van der Waals surface area contributed by atoms with E-state index < -0.39 is 0 Å². The van der Waals surface area contributed by atoms with E-state index in [1.807, 2.05) is 0 Å². The lowest BCUT2D eigenvalue weighted by Gasteiger charge is -2.29. The lowest BCUT2D eigenvalue weighted by atomic mass is 10.3. The van der Waals surface area contributed by atoms with E-state index in [9.17, 15) is 4.79 Å². The first-order chi connectivity index (χ1) is 7.84. The van der Waals surface area contributed by atoms with E-state index in [1.54, 1.807) is 0 Å². The molecule has 0 aliphatic carbocycles. The molecule has 7 nitrogen and oxygen atoms in total. The fraction of sp³-hybridized carbons (Fsp3) is 0.889. The average molecular weight is 228 g/mol. The van der Waals surface area contributed by atoms with Gasteiger partial charge in [-0.25, -0.2) is 10.2 Å². The third kappa shape index (κ3) is 3.60. The van der Waals surface area contributed by atoms with Crippen molar-refractivity contribution in [2.75, 3.05) is 45.8 Å². The number of piperazine rings is 1. The number of rotatable bonds is 4. The third-order valence-electron chi connectivity index (χ3n) is 2.84. The van der Waals surface area contributed by atoms with Gasteiger partial charge >= 0.3 is 6.03 Å². The number of carbonyl (C=O) groups excluding carboxylic acids is 1. The number of carbonyl (C=O) groups is 1. The van der Waals surface area contributed by atoms with E-state index in [0.717, 1.165) is 39.3 Å². The zero-order valence-electron chi connectivity index (χ0n) is 9.38. The second-order valence-electron chi connectivity index (χ2n) is 4.08. The maximum atomic E-state index is 11.0. The highest BCUT2D eigenvalue weighted by atomic mass is 16.2. The summed E-state index contributed by atoms with van der Waals surface area (Å²) in [5.74, 6) is 0. The molecule has 0 spiro atoms. The molecular formula is C9H20N6O. The number of hydrogen-bond acceptors (Lipinski definition) is 5. The standard InChI is InChI=1S/C9H20N6O/c16-9-13-8(7-12-14-9)11-3-6-15-4-1-10-2-5-15/h8,10-12H,1-7H2,(H2,13,14,16). The highest BCUT2D eigenvalue weighted by Crippen LogP contribution is 1.90. The van der Waals surface area contributed by atoms with Gasteiger partial charge in [-0.1, -0.05) is 0 Å². The van der Waals surface area contributed by atoms with Gasteiger partial charge in [0, 0.05) is 45.8 Å². The molecular weight excluding hydrogens is 208 g/mol. The van der Waals surface area contributed by atoms with Crippen LogP contribution in [0.25, 0.3) is 0 Å². The number of urea groups is 1. The van der Waals surface area contributed by atoms with Gasteiger partial charge in [0.05, 0.1) is 6.17 Å². The molecule has 0 bridgehead atoms. The summed E-state index contributed by atoms with van der Waals surface area (Å²) < 4.78 is 0. The average Bonchev–Trinajstić information content (AvgIpc) is 2.30. The zero-order valence-corrected chi connectivity index (χ0v) is 9.38. The molecule has 2 aliphatic heterocycles. The van der Waals surface area contributed by atoms with E-state index in [2.05, 4.69) is 31.7 Å². The minimum atomic E-state index is -0.175. The molecule has 2 saturated heterocycles. The second kappa shape index (κ2) is 6.00. The fourth-order valence-corrected chi connectivity index (χ4v) is 1.93. The Morgan fingerprint density at radius 1 is 1.38 bits per heavy atom. The number of amides is 2. The Hall–Kier alpha value is -0.890. The predicted octanol–water partition coefficient (Wildman–Crippen LogP) is -2.38. The van der Waals surface area contributed by atoms with Gasteiger partial charge in [-0.3, -0.25) is 15.6 Å². The van der Waals surface area contributed by atoms with E-state index in [-0.39, 0.29) is 12.2 Å². The Kier molecular flexibility index (Phi) is 4.34. The molecule has 0 aromatic carbocycles. The third-order valence-corrected chi connectivity index (χ3v) is 2.84. The van der Waals surface area contributed by atoms with Crippen LogP contribution in [0.2, 0.25) is 0 Å². The summed E-state index contributed by atoms with van der Waals surface area (Å²) in [5.41, 5.74) is 5.32. The molecule has 2 heterocycles. The van der Waals surface area contributed by atoms with Crippen LogP contribution in [0.15, 0.2) is 0 Å². The molecule has 1 unspecified atom stereocenters. The first-order valence-corrected chi connectivity index (χ1v) is 5.80. The van der Waals surface area contributed by atoms with Crippen LogP contribution in [0.4, 0.5) is 4.79 Å². The molecule has 0 radical (unpaired) electrons. The van der Waals surface area contributed by atoms with Crippen LogP contribution in [-0.4, -0.2) is 62.9 Å². The zero-order chi connectivity index (χ0) is 11.2. The summed E-state index contributed by atoms with van der Waals surface area (Å²) in [4.78, 5) is 13.4. The molecule has 2 fully saturated rings. The summed E-state index contributed by atoms with van der Waals surface area (Å²) in [5, 5.41) is 9.43. The molecule has 7 heteroatoms. The minimum Gasteiger partial charge on any atom is -0.320 e. The quantitative estimate of drug-likeness (QED) is 0.371. The number of nitrogens with zero attached hydrogens (tertiary/aromatic N) is 1. The van der Waals surface area contributed by atoms with Crippen LogP contribution in [0.3, 0.4) is 0 Å². The number of nitrogens with one attached hydrogen (secondary N) is 5. The smallest absolute Gasteiger partial charge is 0.320 e. The summed E-state index contributed by atoms with van der Waals surface area (Å²) in [7, 11) is 0. The van der Waals surface area contributed by atoms with Gasteiger partial charge in [0.2, 0.25) is 0 Å². The van der Waals surface area contributed by atoms with Crippen molar-refractivity contribution in [3.8, 4) is 0 Å².